The second kappa shape index (κ2) is 5.62. The smallest absolute Gasteiger partial charge is 0.283 e. The van der Waals surface area contributed by atoms with E-state index in [2.05, 4.69) is 15.5 Å². The molecular formula is C13H14N4OS. The number of rotatable bonds is 3. The number of nitrogen functional groups attached to an aromatic ring is 1. The van der Waals surface area contributed by atoms with Crippen molar-refractivity contribution in [3.63, 3.8) is 0 Å². The summed E-state index contributed by atoms with van der Waals surface area (Å²) in [6.07, 6.45) is 1.62. The number of nitrogens with two attached hydrogens (primary N) is 1. The summed E-state index contributed by atoms with van der Waals surface area (Å²) >= 11 is 1.15. The lowest BCUT2D eigenvalue weighted by atomic mass is 10.1. The number of benzene rings is 1. The highest BCUT2D eigenvalue weighted by Crippen LogP contribution is 2.19. The molecule has 6 heteroatoms. The van der Waals surface area contributed by atoms with Crippen LogP contribution < -0.4 is 11.2 Å². The minimum Gasteiger partial charge on any atom is -0.375 e. The van der Waals surface area contributed by atoms with Crippen molar-refractivity contribution in [1.29, 1.82) is 0 Å². The molecule has 1 aromatic heterocycles. The molecule has 1 heterocycles. The molecule has 0 aliphatic carbocycles. The SMILES string of the molecule is Cc1ccccc1/C=N\NC(=O)c1sc(N)nc1C. The van der Waals surface area contributed by atoms with E-state index in [0.29, 0.717) is 15.7 Å². The van der Waals surface area contributed by atoms with Gasteiger partial charge in [-0.25, -0.2) is 10.4 Å². The van der Waals surface area contributed by atoms with Gasteiger partial charge in [-0.2, -0.15) is 5.10 Å². The molecule has 1 aromatic carbocycles. The van der Waals surface area contributed by atoms with Crippen molar-refractivity contribution in [2.75, 3.05) is 5.73 Å². The van der Waals surface area contributed by atoms with Crippen molar-refractivity contribution < 1.29 is 4.79 Å². The Morgan fingerprint density at radius 2 is 2.16 bits per heavy atom. The highest BCUT2D eigenvalue weighted by molar-refractivity contribution is 7.17. The van der Waals surface area contributed by atoms with Gasteiger partial charge in [0.2, 0.25) is 0 Å². The first-order valence-corrected chi connectivity index (χ1v) is 6.51. The van der Waals surface area contributed by atoms with Crippen LogP contribution in [0.2, 0.25) is 0 Å². The Kier molecular flexibility index (Phi) is 3.91. The Hall–Kier alpha value is -2.21. The Labute approximate surface area is 115 Å². The van der Waals surface area contributed by atoms with Gasteiger partial charge in [0.05, 0.1) is 11.9 Å². The molecule has 0 aliphatic rings. The minimum absolute atomic E-state index is 0.295. The van der Waals surface area contributed by atoms with Crippen molar-refractivity contribution in [3.05, 3.63) is 46.0 Å². The van der Waals surface area contributed by atoms with E-state index in [9.17, 15) is 4.79 Å². The van der Waals surface area contributed by atoms with Crippen LogP contribution in [0.3, 0.4) is 0 Å². The molecule has 1 amide bonds. The van der Waals surface area contributed by atoms with Gasteiger partial charge in [-0.15, -0.1) is 0 Å². The maximum Gasteiger partial charge on any atom is 0.283 e. The van der Waals surface area contributed by atoms with Gasteiger partial charge in [-0.1, -0.05) is 35.6 Å². The van der Waals surface area contributed by atoms with E-state index in [4.69, 9.17) is 5.73 Å². The van der Waals surface area contributed by atoms with E-state index in [1.165, 1.54) is 0 Å². The first kappa shape index (κ1) is 13.2. The van der Waals surface area contributed by atoms with E-state index < -0.39 is 0 Å². The van der Waals surface area contributed by atoms with Crippen LogP contribution in [0.1, 0.15) is 26.5 Å². The average Bonchev–Trinajstić information content (AvgIpc) is 2.71. The Morgan fingerprint density at radius 3 is 2.79 bits per heavy atom. The van der Waals surface area contributed by atoms with E-state index in [1.807, 2.05) is 31.2 Å². The molecule has 3 N–H and O–H groups in total. The number of hydrogen-bond acceptors (Lipinski definition) is 5. The fraction of sp³-hybridized carbons (Fsp3) is 0.154. The molecule has 0 spiro atoms. The largest absolute Gasteiger partial charge is 0.375 e. The molecule has 2 rings (SSSR count). The van der Waals surface area contributed by atoms with Gasteiger partial charge < -0.3 is 5.73 Å². The molecule has 2 aromatic rings. The molecule has 0 atom stereocenters. The summed E-state index contributed by atoms with van der Waals surface area (Å²) in [5.74, 6) is -0.295. The van der Waals surface area contributed by atoms with Crippen molar-refractivity contribution >= 4 is 28.6 Å². The topological polar surface area (TPSA) is 80.4 Å². The van der Waals surface area contributed by atoms with E-state index in [0.717, 1.165) is 22.5 Å². The number of hydrazone groups is 1. The van der Waals surface area contributed by atoms with Crippen LogP contribution >= 0.6 is 11.3 Å². The Morgan fingerprint density at radius 1 is 1.42 bits per heavy atom. The maximum absolute atomic E-state index is 11.8. The fourth-order valence-electron chi connectivity index (χ4n) is 1.57. The summed E-state index contributed by atoms with van der Waals surface area (Å²) in [4.78, 5) is 16.3. The van der Waals surface area contributed by atoms with Crippen LogP contribution in [0.4, 0.5) is 5.13 Å². The van der Waals surface area contributed by atoms with Crippen LogP contribution in [-0.2, 0) is 0 Å². The van der Waals surface area contributed by atoms with Gasteiger partial charge in [0.25, 0.3) is 5.91 Å². The number of amides is 1. The fourth-order valence-corrected chi connectivity index (χ4v) is 2.29. The normalized spacial score (nSPS) is 10.8. The zero-order valence-electron chi connectivity index (χ0n) is 10.7. The summed E-state index contributed by atoms with van der Waals surface area (Å²) in [7, 11) is 0. The number of thiazole rings is 1. The van der Waals surface area contributed by atoms with Gasteiger partial charge in [0, 0.05) is 0 Å². The monoisotopic (exact) mass is 274 g/mol. The van der Waals surface area contributed by atoms with Crippen LogP contribution in [0.15, 0.2) is 29.4 Å². The van der Waals surface area contributed by atoms with Crippen molar-refractivity contribution in [2.24, 2.45) is 5.10 Å². The lowest BCUT2D eigenvalue weighted by molar-refractivity contribution is 0.0958. The molecule has 0 fully saturated rings. The number of nitrogens with zero attached hydrogens (tertiary/aromatic N) is 2. The van der Waals surface area contributed by atoms with Crippen molar-refractivity contribution in [3.8, 4) is 0 Å². The van der Waals surface area contributed by atoms with Gasteiger partial charge in [0.15, 0.2) is 5.13 Å². The third-order valence-corrected chi connectivity index (χ3v) is 3.56. The Bertz CT molecular complexity index is 633. The molecule has 0 unspecified atom stereocenters. The van der Waals surface area contributed by atoms with Gasteiger partial charge in [-0.05, 0) is 25.0 Å². The number of nitrogens with one attached hydrogen (secondary N) is 1. The quantitative estimate of drug-likeness (QED) is 0.664. The molecule has 0 saturated heterocycles. The number of carbonyl (C=O) groups is 1. The molecule has 5 nitrogen and oxygen atoms in total. The zero-order valence-corrected chi connectivity index (χ0v) is 11.5. The highest BCUT2D eigenvalue weighted by Gasteiger charge is 2.13. The molecule has 98 valence electrons. The number of hydrogen-bond donors (Lipinski definition) is 2. The number of anilines is 1. The Balaban J connectivity index is 2.05. The molecule has 0 radical (unpaired) electrons. The maximum atomic E-state index is 11.8. The average molecular weight is 274 g/mol. The first-order valence-electron chi connectivity index (χ1n) is 5.70. The predicted molar refractivity (Wildman–Crippen MR) is 77.5 cm³/mol. The summed E-state index contributed by atoms with van der Waals surface area (Å²) in [5, 5.41) is 4.32. The van der Waals surface area contributed by atoms with Crippen molar-refractivity contribution in [2.45, 2.75) is 13.8 Å². The second-order valence-electron chi connectivity index (χ2n) is 4.02. The molecule has 0 aliphatic heterocycles. The van der Waals surface area contributed by atoms with Crippen molar-refractivity contribution in [1.82, 2.24) is 10.4 Å². The third kappa shape index (κ3) is 3.17. The number of aromatic nitrogens is 1. The predicted octanol–water partition coefficient (Wildman–Crippen LogP) is 2.11. The molecular weight excluding hydrogens is 260 g/mol. The van der Waals surface area contributed by atoms with Gasteiger partial charge in [0.1, 0.15) is 4.88 Å². The first-order chi connectivity index (χ1) is 9.08. The second-order valence-corrected chi connectivity index (χ2v) is 5.05. The molecule has 0 saturated carbocycles. The van der Waals surface area contributed by atoms with Crippen LogP contribution in [-0.4, -0.2) is 17.1 Å². The number of carbonyl (C=O) groups excluding carboxylic acids is 1. The number of aryl methyl sites for hydroxylation is 2. The van der Waals surface area contributed by atoms with E-state index >= 15 is 0 Å². The van der Waals surface area contributed by atoms with Crippen LogP contribution in [0, 0.1) is 13.8 Å². The molecule has 0 bridgehead atoms. The lowest BCUT2D eigenvalue weighted by Crippen LogP contribution is -2.17. The summed E-state index contributed by atoms with van der Waals surface area (Å²) in [6, 6.07) is 7.79. The summed E-state index contributed by atoms with van der Waals surface area (Å²) in [6.45, 7) is 3.73. The van der Waals surface area contributed by atoms with Gasteiger partial charge in [-0.3, -0.25) is 4.79 Å². The van der Waals surface area contributed by atoms with Gasteiger partial charge >= 0.3 is 0 Å². The zero-order chi connectivity index (χ0) is 13.8. The lowest BCUT2D eigenvalue weighted by Gasteiger charge is -1.99. The highest BCUT2D eigenvalue weighted by atomic mass is 32.1. The van der Waals surface area contributed by atoms with E-state index in [1.54, 1.807) is 13.1 Å². The summed E-state index contributed by atoms with van der Waals surface area (Å²) in [5.41, 5.74) is 10.7. The standard InChI is InChI=1S/C13H14N4OS/c1-8-5-3-4-6-10(8)7-15-17-12(18)11-9(2)16-13(14)19-11/h3-7H,1-2H3,(H2,14,16)(H,17,18)/b15-7-. The van der Waals surface area contributed by atoms with Crippen LogP contribution in [0.25, 0.3) is 0 Å². The minimum atomic E-state index is -0.295. The van der Waals surface area contributed by atoms with E-state index in [-0.39, 0.29) is 5.91 Å². The molecule has 19 heavy (non-hydrogen) atoms. The third-order valence-electron chi connectivity index (χ3n) is 2.58. The van der Waals surface area contributed by atoms with Crippen LogP contribution in [0.5, 0.6) is 0 Å². The summed E-state index contributed by atoms with van der Waals surface area (Å²) < 4.78 is 0.